The van der Waals surface area contributed by atoms with E-state index in [1.165, 1.54) is 0 Å². The minimum absolute atomic E-state index is 0.0804. The van der Waals surface area contributed by atoms with Gasteiger partial charge in [0.15, 0.2) is 0 Å². The van der Waals surface area contributed by atoms with Crippen LogP contribution in [-0.2, 0) is 0 Å². The Bertz CT molecular complexity index is 362. The van der Waals surface area contributed by atoms with Gasteiger partial charge in [-0.15, -0.1) is 0 Å². The Kier molecular flexibility index (Phi) is 3.83. The summed E-state index contributed by atoms with van der Waals surface area (Å²) in [4.78, 5) is 0. The van der Waals surface area contributed by atoms with Gasteiger partial charge in [0.2, 0.25) is 0 Å². The van der Waals surface area contributed by atoms with E-state index >= 15 is 0 Å². The summed E-state index contributed by atoms with van der Waals surface area (Å²) in [6.45, 7) is -1.44. The Morgan fingerprint density at radius 3 is 2.38 bits per heavy atom. The monoisotopic (exact) mass is 235 g/mol. The van der Waals surface area contributed by atoms with Gasteiger partial charge in [0.25, 0.3) is 0 Å². The molecule has 0 spiro atoms. The van der Waals surface area contributed by atoms with E-state index in [9.17, 15) is 17.3 Å². The van der Waals surface area contributed by atoms with Crippen molar-refractivity contribution >= 4 is 12.4 Å². The highest BCUT2D eigenvalue weighted by Crippen LogP contribution is 2.19. The fourth-order valence-corrected chi connectivity index (χ4v) is 1.16. The predicted molar refractivity (Wildman–Crippen MR) is 55.4 cm³/mol. The van der Waals surface area contributed by atoms with Crippen LogP contribution in [0.1, 0.15) is 13.8 Å². The van der Waals surface area contributed by atoms with Gasteiger partial charge in [-0.2, -0.15) is 0 Å². The smallest absolute Gasteiger partial charge is 0.496 e. The largest absolute Gasteiger partial charge is 0.513 e. The predicted octanol–water partition coefficient (Wildman–Crippen LogP) is 2.91. The van der Waals surface area contributed by atoms with Crippen LogP contribution in [-0.4, -0.2) is 13.6 Å². The van der Waals surface area contributed by atoms with Crippen LogP contribution in [0.25, 0.3) is 0 Å². The van der Waals surface area contributed by atoms with Crippen LogP contribution in [0.4, 0.5) is 17.3 Å². The van der Waals surface area contributed by atoms with Crippen molar-refractivity contribution in [3.63, 3.8) is 0 Å². The topological polar surface area (TPSA) is 9.23 Å². The maximum absolute atomic E-state index is 12.8. The summed E-state index contributed by atoms with van der Waals surface area (Å²) in [6, 6.07) is 2.27. The van der Waals surface area contributed by atoms with E-state index in [0.29, 0.717) is 6.07 Å². The molecule has 0 bridgehead atoms. The van der Waals surface area contributed by atoms with Gasteiger partial charge >= 0.3 is 6.98 Å². The molecule has 1 aromatic rings. The van der Waals surface area contributed by atoms with Crippen molar-refractivity contribution in [2.45, 2.75) is 13.8 Å². The third kappa shape index (κ3) is 3.43. The van der Waals surface area contributed by atoms with Crippen molar-refractivity contribution in [3.8, 4) is 5.75 Å². The lowest BCUT2D eigenvalue weighted by Crippen LogP contribution is -2.35. The summed E-state index contributed by atoms with van der Waals surface area (Å²) in [5.74, 6) is -1.08. The molecule has 1 rings (SSSR count). The average molecular weight is 235 g/mol. The Labute approximate surface area is 91.5 Å². The number of hydrogen-bond acceptors (Lipinski definition) is 1. The molecule has 1 nitrogen and oxygen atoms in total. The molecule has 0 N–H and O–H groups in total. The first kappa shape index (κ1) is 12.9. The van der Waals surface area contributed by atoms with Gasteiger partial charge in [0.05, 0.1) is 12.4 Å². The van der Waals surface area contributed by atoms with E-state index in [1.54, 1.807) is 13.8 Å². The molecule has 0 fully saturated rings. The number of benzene rings is 1. The highest BCUT2D eigenvalue weighted by molar-refractivity contribution is 6.74. The molecule has 0 aliphatic carbocycles. The van der Waals surface area contributed by atoms with Crippen molar-refractivity contribution in [1.82, 2.24) is 0 Å². The molecule has 1 aromatic carbocycles. The Hall–Kier alpha value is -1.20. The van der Waals surface area contributed by atoms with Gasteiger partial charge in [0, 0.05) is 6.07 Å². The van der Waals surface area contributed by atoms with Crippen LogP contribution in [0, 0.1) is 11.7 Å². The molecule has 90 valence electrons. The minimum Gasteiger partial charge on any atom is -0.496 e. The molecular formula is C10H12BF4O-. The Morgan fingerprint density at radius 2 is 1.88 bits per heavy atom. The van der Waals surface area contributed by atoms with Gasteiger partial charge in [-0.3, -0.25) is 0 Å². The van der Waals surface area contributed by atoms with Crippen molar-refractivity contribution in [1.29, 1.82) is 0 Å². The second kappa shape index (κ2) is 4.76. The first-order chi connectivity index (χ1) is 7.30. The zero-order chi connectivity index (χ0) is 12.3. The lowest BCUT2D eigenvalue weighted by atomic mass is 9.79. The molecule has 0 aromatic heterocycles. The van der Waals surface area contributed by atoms with Crippen LogP contribution in [0.5, 0.6) is 5.75 Å². The molecule has 0 amide bonds. The Morgan fingerprint density at radius 1 is 1.25 bits per heavy atom. The van der Waals surface area contributed by atoms with E-state index in [-0.39, 0.29) is 12.5 Å². The number of rotatable bonds is 4. The van der Waals surface area contributed by atoms with Crippen LogP contribution >= 0.6 is 0 Å². The van der Waals surface area contributed by atoms with Gasteiger partial charge in [-0.25, -0.2) is 4.39 Å². The number of halogens is 4. The molecular weight excluding hydrogens is 223 g/mol. The quantitative estimate of drug-likeness (QED) is 0.575. The van der Waals surface area contributed by atoms with Gasteiger partial charge in [-0.1, -0.05) is 25.4 Å². The summed E-state index contributed by atoms with van der Waals surface area (Å²) in [7, 11) is 0. The minimum atomic E-state index is -5.17. The highest BCUT2D eigenvalue weighted by atomic mass is 19.4. The highest BCUT2D eigenvalue weighted by Gasteiger charge is 2.29. The zero-order valence-corrected chi connectivity index (χ0v) is 9.01. The normalized spacial score (nSPS) is 11.9. The van der Waals surface area contributed by atoms with Crippen molar-refractivity contribution < 1.29 is 22.1 Å². The van der Waals surface area contributed by atoms with Gasteiger partial charge < -0.3 is 17.7 Å². The molecule has 0 aliphatic rings. The molecule has 0 radical (unpaired) electrons. The van der Waals surface area contributed by atoms with Gasteiger partial charge in [0.1, 0.15) is 5.82 Å². The molecule has 0 unspecified atom stereocenters. The first-order valence-corrected chi connectivity index (χ1v) is 4.93. The Balaban J connectivity index is 2.99. The summed E-state index contributed by atoms with van der Waals surface area (Å²) >= 11 is 0. The van der Waals surface area contributed by atoms with Crippen molar-refractivity contribution in [2.75, 3.05) is 6.61 Å². The molecule has 16 heavy (non-hydrogen) atoms. The molecule has 0 heterocycles. The number of ether oxygens (including phenoxy) is 1. The third-order valence-electron chi connectivity index (χ3n) is 1.90. The molecule has 0 atom stereocenters. The third-order valence-corrected chi connectivity index (χ3v) is 1.90. The van der Waals surface area contributed by atoms with E-state index in [0.717, 1.165) is 12.1 Å². The lowest BCUT2D eigenvalue weighted by molar-refractivity contribution is 0.271. The fraction of sp³-hybridized carbons (Fsp3) is 0.400. The zero-order valence-electron chi connectivity index (χ0n) is 9.01. The fourth-order valence-electron chi connectivity index (χ4n) is 1.16. The SMILES string of the molecule is CC(C)COc1cc(F)ccc1[B-](F)(F)F. The van der Waals surface area contributed by atoms with Crippen LogP contribution in [0.2, 0.25) is 0 Å². The number of hydrogen-bond donors (Lipinski definition) is 0. The summed E-state index contributed by atoms with van der Waals surface area (Å²) in [5.41, 5.74) is -0.887. The van der Waals surface area contributed by atoms with E-state index in [2.05, 4.69) is 0 Å². The summed E-state index contributed by atoms with van der Waals surface area (Å²) < 4.78 is 55.5. The van der Waals surface area contributed by atoms with Gasteiger partial charge in [-0.05, 0) is 12.0 Å². The summed E-state index contributed by atoms with van der Waals surface area (Å²) in [6.07, 6.45) is 0. The molecule has 6 heteroatoms. The second-order valence-corrected chi connectivity index (χ2v) is 3.96. The first-order valence-electron chi connectivity index (χ1n) is 4.93. The maximum atomic E-state index is 12.8. The van der Waals surface area contributed by atoms with Crippen LogP contribution < -0.4 is 10.2 Å². The molecule has 0 saturated heterocycles. The van der Waals surface area contributed by atoms with Crippen LogP contribution in [0.3, 0.4) is 0 Å². The standard InChI is InChI=1S/C10H12BF4O/c1-7(2)6-16-10-5-8(12)3-4-9(10)11(13,14)15/h3-5,7H,6H2,1-2H3/q-1. The second-order valence-electron chi connectivity index (χ2n) is 3.96. The maximum Gasteiger partial charge on any atom is 0.513 e. The summed E-state index contributed by atoms with van der Waals surface area (Å²) in [5, 5.41) is 0. The van der Waals surface area contributed by atoms with E-state index in [1.807, 2.05) is 0 Å². The molecule has 0 aliphatic heterocycles. The van der Waals surface area contributed by atoms with Crippen molar-refractivity contribution in [2.24, 2.45) is 5.92 Å². The van der Waals surface area contributed by atoms with Crippen molar-refractivity contribution in [3.05, 3.63) is 24.0 Å². The molecule has 0 saturated carbocycles. The van der Waals surface area contributed by atoms with Crippen LogP contribution in [0.15, 0.2) is 18.2 Å². The van der Waals surface area contributed by atoms with E-state index < -0.39 is 24.0 Å². The lowest BCUT2D eigenvalue weighted by Gasteiger charge is -2.20. The van der Waals surface area contributed by atoms with E-state index in [4.69, 9.17) is 4.74 Å². The average Bonchev–Trinajstić information content (AvgIpc) is 2.12.